The maximum atomic E-state index is 13.5. The lowest BCUT2D eigenvalue weighted by Gasteiger charge is -2.30. The van der Waals surface area contributed by atoms with Crippen molar-refractivity contribution < 1.29 is 31.2 Å². The normalized spacial score (nSPS) is 24.9. The maximum absolute atomic E-state index is 13.5. The molecule has 0 aromatic heterocycles. The van der Waals surface area contributed by atoms with Gasteiger partial charge in [-0.25, -0.2) is 8.42 Å². The van der Waals surface area contributed by atoms with Crippen LogP contribution in [0.15, 0.2) is 29.2 Å². The number of hydrogen-bond donors (Lipinski definition) is 1. The van der Waals surface area contributed by atoms with Crippen LogP contribution in [0.1, 0.15) is 56.9 Å². The number of carbonyl (C=O) groups excluding carboxylic acids is 2. The Morgan fingerprint density at radius 3 is 2.35 bits per heavy atom. The highest BCUT2D eigenvalue weighted by Crippen LogP contribution is 2.39. The van der Waals surface area contributed by atoms with Crippen molar-refractivity contribution in [2.24, 2.45) is 5.92 Å². The summed E-state index contributed by atoms with van der Waals surface area (Å²) >= 11 is 0. The van der Waals surface area contributed by atoms with Crippen LogP contribution in [-0.4, -0.2) is 48.5 Å². The number of likely N-dealkylation sites (tertiary alicyclic amines) is 1. The second-order valence-electron chi connectivity index (χ2n) is 9.42. The third-order valence-electron chi connectivity index (χ3n) is 7.07. The lowest BCUT2D eigenvalue weighted by molar-refractivity contribution is -0.142. The summed E-state index contributed by atoms with van der Waals surface area (Å²) in [5, 5.41) is 10.6. The van der Waals surface area contributed by atoms with E-state index in [1.54, 1.807) is 0 Å². The minimum atomic E-state index is -4.87. The monoisotopic (exact) mass is 497 g/mol. The van der Waals surface area contributed by atoms with E-state index in [2.05, 4.69) is 5.32 Å². The molecule has 0 spiro atoms. The number of nitrogens with zero attached hydrogens (tertiary/aromatic N) is 2. The molecule has 3 fully saturated rings. The van der Waals surface area contributed by atoms with Crippen LogP contribution in [0.5, 0.6) is 0 Å². The zero-order valence-electron chi connectivity index (χ0n) is 18.5. The van der Waals surface area contributed by atoms with Gasteiger partial charge in [0.1, 0.15) is 11.6 Å². The van der Waals surface area contributed by atoms with Crippen LogP contribution in [0.3, 0.4) is 0 Å². The van der Waals surface area contributed by atoms with Crippen molar-refractivity contribution in [1.29, 1.82) is 5.26 Å². The smallest absolute Gasteiger partial charge is 0.336 e. The SMILES string of the molecule is N#CC1(NC(=O)C2CC(S(=O)(=O)c3ccccc3C(F)(F)F)CN2C(=O)C2CCCCC2)CC1. The van der Waals surface area contributed by atoms with Crippen LogP contribution in [0.2, 0.25) is 0 Å². The lowest BCUT2D eigenvalue weighted by Crippen LogP contribution is -2.50. The van der Waals surface area contributed by atoms with Gasteiger partial charge in [-0.1, -0.05) is 31.4 Å². The highest BCUT2D eigenvalue weighted by atomic mass is 32.2. The number of rotatable bonds is 5. The van der Waals surface area contributed by atoms with E-state index in [-0.39, 0.29) is 24.8 Å². The van der Waals surface area contributed by atoms with Gasteiger partial charge in [0.05, 0.1) is 21.8 Å². The van der Waals surface area contributed by atoms with Crippen LogP contribution in [0.4, 0.5) is 13.2 Å². The van der Waals surface area contributed by atoms with Crippen LogP contribution < -0.4 is 5.32 Å². The number of hydrogen-bond acceptors (Lipinski definition) is 5. The molecule has 1 N–H and O–H groups in total. The molecule has 0 bridgehead atoms. The second kappa shape index (κ2) is 8.87. The van der Waals surface area contributed by atoms with Gasteiger partial charge in [0.15, 0.2) is 9.84 Å². The van der Waals surface area contributed by atoms with Crippen molar-refractivity contribution in [2.45, 2.75) is 79.3 Å². The van der Waals surface area contributed by atoms with Crippen molar-refractivity contribution in [3.05, 3.63) is 29.8 Å². The number of carbonyl (C=O) groups is 2. The summed E-state index contributed by atoms with van der Waals surface area (Å²) in [5.74, 6) is -1.33. The van der Waals surface area contributed by atoms with E-state index in [0.29, 0.717) is 31.7 Å². The van der Waals surface area contributed by atoms with Gasteiger partial charge in [0.2, 0.25) is 11.8 Å². The van der Waals surface area contributed by atoms with E-state index in [4.69, 9.17) is 0 Å². The zero-order chi connectivity index (χ0) is 24.7. The minimum Gasteiger partial charge on any atom is -0.336 e. The predicted octanol–water partition coefficient (Wildman–Crippen LogP) is 3.20. The Balaban J connectivity index is 1.65. The Kier molecular flexibility index (Phi) is 6.40. The number of benzene rings is 1. The number of amides is 2. The molecule has 1 aromatic carbocycles. The predicted molar refractivity (Wildman–Crippen MR) is 115 cm³/mol. The molecule has 3 aliphatic rings. The van der Waals surface area contributed by atoms with E-state index in [1.165, 1.54) is 11.0 Å². The molecule has 1 aromatic rings. The van der Waals surface area contributed by atoms with E-state index in [0.717, 1.165) is 31.4 Å². The average molecular weight is 498 g/mol. The molecule has 2 atom stereocenters. The minimum absolute atomic E-state index is 0.319. The van der Waals surface area contributed by atoms with Gasteiger partial charge in [0, 0.05) is 12.5 Å². The molecule has 184 valence electrons. The number of nitrogens with one attached hydrogen (secondary N) is 1. The molecule has 2 amide bonds. The maximum Gasteiger partial charge on any atom is 0.417 e. The van der Waals surface area contributed by atoms with Crippen LogP contribution in [-0.2, 0) is 25.6 Å². The Morgan fingerprint density at radius 1 is 1.12 bits per heavy atom. The van der Waals surface area contributed by atoms with Crippen molar-refractivity contribution >= 4 is 21.7 Å². The van der Waals surface area contributed by atoms with Crippen molar-refractivity contribution in [3.8, 4) is 6.07 Å². The summed E-state index contributed by atoms with van der Waals surface area (Å²) in [6.45, 7) is -0.360. The average Bonchev–Trinajstić information content (AvgIpc) is 3.43. The first-order valence-electron chi connectivity index (χ1n) is 11.4. The third kappa shape index (κ3) is 4.65. The van der Waals surface area contributed by atoms with Gasteiger partial charge >= 0.3 is 6.18 Å². The van der Waals surface area contributed by atoms with Gasteiger partial charge in [-0.3, -0.25) is 9.59 Å². The molecule has 1 heterocycles. The summed E-state index contributed by atoms with van der Waals surface area (Å²) in [5.41, 5.74) is -2.29. The van der Waals surface area contributed by atoms with E-state index in [9.17, 15) is 36.4 Å². The third-order valence-corrected chi connectivity index (χ3v) is 9.26. The van der Waals surface area contributed by atoms with Crippen molar-refractivity contribution in [3.63, 3.8) is 0 Å². The Hall–Kier alpha value is -2.61. The Morgan fingerprint density at radius 2 is 1.76 bits per heavy atom. The molecule has 7 nitrogen and oxygen atoms in total. The highest BCUT2D eigenvalue weighted by molar-refractivity contribution is 7.92. The van der Waals surface area contributed by atoms with Crippen molar-refractivity contribution in [1.82, 2.24) is 10.2 Å². The molecular weight excluding hydrogens is 471 g/mol. The fourth-order valence-corrected chi connectivity index (χ4v) is 6.85. The summed E-state index contributed by atoms with van der Waals surface area (Å²) < 4.78 is 67.3. The van der Waals surface area contributed by atoms with Gasteiger partial charge in [-0.05, 0) is 44.2 Å². The molecule has 34 heavy (non-hydrogen) atoms. The molecule has 1 saturated heterocycles. The largest absolute Gasteiger partial charge is 0.417 e. The van der Waals surface area contributed by atoms with Crippen molar-refractivity contribution in [2.75, 3.05) is 6.54 Å². The quantitative estimate of drug-likeness (QED) is 0.672. The molecule has 2 saturated carbocycles. The summed E-state index contributed by atoms with van der Waals surface area (Å²) in [6.07, 6.45) is -0.344. The van der Waals surface area contributed by atoms with Gasteiger partial charge in [-0.15, -0.1) is 0 Å². The van der Waals surface area contributed by atoms with E-state index in [1.807, 2.05) is 6.07 Å². The van der Waals surface area contributed by atoms with E-state index >= 15 is 0 Å². The topological polar surface area (TPSA) is 107 Å². The van der Waals surface area contributed by atoms with Crippen LogP contribution in [0, 0.1) is 17.2 Å². The first-order valence-corrected chi connectivity index (χ1v) is 13.0. The standard InChI is InChI=1S/C23H26F3N3O4S/c24-23(25,26)17-8-4-5-9-19(17)34(32,33)16-12-18(20(30)28-22(14-27)10-11-22)29(13-16)21(31)15-6-2-1-3-7-15/h4-5,8-9,15-16,18H,1-3,6-7,10-13H2,(H,28,30). The van der Waals surface area contributed by atoms with Gasteiger partial charge in [-0.2, -0.15) is 18.4 Å². The summed E-state index contributed by atoms with van der Waals surface area (Å²) in [6, 6.07) is 4.82. The zero-order valence-corrected chi connectivity index (χ0v) is 19.3. The van der Waals surface area contributed by atoms with Gasteiger partial charge < -0.3 is 10.2 Å². The first-order chi connectivity index (χ1) is 16.0. The Labute approximate surface area is 196 Å². The number of halogens is 3. The molecule has 0 radical (unpaired) electrons. The fourth-order valence-electron chi connectivity index (χ4n) is 4.94. The van der Waals surface area contributed by atoms with Crippen LogP contribution in [0.25, 0.3) is 0 Å². The lowest BCUT2D eigenvalue weighted by atomic mass is 9.88. The fraction of sp³-hybridized carbons (Fsp3) is 0.609. The summed E-state index contributed by atoms with van der Waals surface area (Å²) in [7, 11) is -4.51. The highest BCUT2D eigenvalue weighted by Gasteiger charge is 2.51. The summed E-state index contributed by atoms with van der Waals surface area (Å²) in [4.78, 5) is 26.7. The van der Waals surface area contributed by atoms with Crippen LogP contribution >= 0.6 is 0 Å². The number of alkyl halides is 3. The number of sulfone groups is 1. The molecule has 4 rings (SSSR count). The molecule has 2 unspecified atom stereocenters. The number of nitriles is 1. The first kappa shape index (κ1) is 24.5. The molecule has 11 heteroatoms. The Bertz CT molecular complexity index is 1120. The molecule has 2 aliphatic carbocycles. The molecule has 1 aliphatic heterocycles. The molecular formula is C23H26F3N3O4S. The second-order valence-corrected chi connectivity index (χ2v) is 11.6. The van der Waals surface area contributed by atoms with Gasteiger partial charge in [0.25, 0.3) is 0 Å². The van der Waals surface area contributed by atoms with E-state index < -0.39 is 49.2 Å².